The van der Waals surface area contributed by atoms with Crippen LogP contribution in [0.1, 0.15) is 31.9 Å². The van der Waals surface area contributed by atoms with Crippen LogP contribution in [0.2, 0.25) is 0 Å². The second-order valence-electron chi connectivity index (χ2n) is 9.77. The Balaban J connectivity index is 1.55. The monoisotopic (exact) mass is 453 g/mol. The number of hydrogen-bond donors (Lipinski definition) is 0. The van der Waals surface area contributed by atoms with E-state index in [1.807, 2.05) is 20.8 Å². The van der Waals surface area contributed by atoms with Gasteiger partial charge in [-0.25, -0.2) is 4.79 Å². The van der Waals surface area contributed by atoms with Crippen LogP contribution in [0.25, 0.3) is 0 Å². The topological polar surface area (TPSA) is 45.3 Å². The Kier molecular flexibility index (Phi) is 9.30. The molecule has 0 aromatic heterocycles. The molecule has 1 fully saturated rings. The van der Waals surface area contributed by atoms with E-state index in [2.05, 4.69) is 70.5 Å². The Morgan fingerprint density at radius 3 is 1.88 bits per heavy atom. The first-order chi connectivity index (χ1) is 15.8. The lowest BCUT2D eigenvalue weighted by molar-refractivity contribution is -0.00000289. The lowest BCUT2D eigenvalue weighted by Gasteiger charge is -2.37. The van der Waals surface area contributed by atoms with E-state index in [-0.39, 0.29) is 12.2 Å². The summed E-state index contributed by atoms with van der Waals surface area (Å²) in [5.74, 6) is 0. The van der Waals surface area contributed by atoms with Gasteiger partial charge in [0.2, 0.25) is 0 Å². The zero-order valence-corrected chi connectivity index (χ0v) is 20.6. The summed E-state index contributed by atoms with van der Waals surface area (Å²) >= 11 is 0. The van der Waals surface area contributed by atoms with E-state index in [1.165, 1.54) is 11.1 Å². The van der Waals surface area contributed by atoms with Crippen molar-refractivity contribution in [1.82, 2.24) is 14.7 Å². The van der Waals surface area contributed by atoms with E-state index in [0.717, 1.165) is 39.3 Å². The molecule has 1 amide bonds. The Bertz CT molecular complexity index is 789. The van der Waals surface area contributed by atoms with Crippen molar-refractivity contribution in [2.75, 3.05) is 46.4 Å². The number of hydrogen-bond acceptors (Lipinski definition) is 5. The maximum atomic E-state index is 12.3. The highest BCUT2D eigenvalue weighted by atomic mass is 16.6. The molecule has 2 aromatic carbocycles. The summed E-state index contributed by atoms with van der Waals surface area (Å²) in [7, 11) is 1.80. The third kappa shape index (κ3) is 8.80. The minimum Gasteiger partial charge on any atom is -0.444 e. The first-order valence-electron chi connectivity index (χ1n) is 11.9. The molecule has 0 unspecified atom stereocenters. The largest absolute Gasteiger partial charge is 0.444 e. The summed E-state index contributed by atoms with van der Waals surface area (Å²) in [6.07, 6.45) is -0.132. The van der Waals surface area contributed by atoms with Crippen LogP contribution in [-0.2, 0) is 22.6 Å². The number of methoxy groups -OCH3 is 1. The van der Waals surface area contributed by atoms with Gasteiger partial charge in [-0.1, -0.05) is 60.7 Å². The van der Waals surface area contributed by atoms with Crippen molar-refractivity contribution in [1.29, 1.82) is 0 Å². The lowest BCUT2D eigenvalue weighted by atomic mass is 10.1. The van der Waals surface area contributed by atoms with Gasteiger partial charge in [-0.05, 0) is 31.9 Å². The van der Waals surface area contributed by atoms with Crippen molar-refractivity contribution < 1.29 is 14.3 Å². The smallest absolute Gasteiger partial charge is 0.410 e. The maximum absolute atomic E-state index is 12.3. The fourth-order valence-corrected chi connectivity index (χ4v) is 4.09. The number of ether oxygens (including phenoxy) is 2. The number of carbonyl (C=O) groups excluding carboxylic acids is 1. The Hall–Kier alpha value is -2.41. The molecule has 180 valence electrons. The van der Waals surface area contributed by atoms with Crippen molar-refractivity contribution in [2.24, 2.45) is 0 Å². The zero-order valence-electron chi connectivity index (χ0n) is 20.6. The van der Waals surface area contributed by atoms with Crippen molar-refractivity contribution in [3.63, 3.8) is 0 Å². The van der Waals surface area contributed by atoms with Gasteiger partial charge in [0, 0.05) is 59.5 Å². The van der Waals surface area contributed by atoms with E-state index < -0.39 is 5.60 Å². The van der Waals surface area contributed by atoms with Crippen molar-refractivity contribution in [3.8, 4) is 0 Å². The van der Waals surface area contributed by atoms with E-state index in [0.29, 0.717) is 13.1 Å². The van der Waals surface area contributed by atoms with Crippen LogP contribution < -0.4 is 0 Å². The summed E-state index contributed by atoms with van der Waals surface area (Å²) in [5.41, 5.74) is 2.14. The van der Waals surface area contributed by atoms with E-state index >= 15 is 0 Å². The molecule has 0 saturated carbocycles. The van der Waals surface area contributed by atoms with E-state index in [1.54, 1.807) is 12.0 Å². The van der Waals surface area contributed by atoms with Gasteiger partial charge >= 0.3 is 6.09 Å². The molecule has 0 spiro atoms. The number of carbonyl (C=O) groups is 1. The number of piperazine rings is 1. The molecule has 3 rings (SSSR count). The van der Waals surface area contributed by atoms with Crippen molar-refractivity contribution in [2.45, 2.75) is 45.6 Å². The highest BCUT2D eigenvalue weighted by Crippen LogP contribution is 2.15. The molecule has 1 atom stereocenters. The van der Waals surface area contributed by atoms with Crippen LogP contribution in [0.5, 0.6) is 0 Å². The maximum Gasteiger partial charge on any atom is 0.410 e. The van der Waals surface area contributed by atoms with Gasteiger partial charge in [0.25, 0.3) is 0 Å². The molecule has 2 aromatic rings. The summed E-state index contributed by atoms with van der Waals surface area (Å²) in [6.45, 7) is 12.2. The van der Waals surface area contributed by atoms with Crippen LogP contribution in [0, 0.1) is 0 Å². The van der Waals surface area contributed by atoms with Crippen molar-refractivity contribution in [3.05, 3.63) is 71.8 Å². The fourth-order valence-electron chi connectivity index (χ4n) is 4.09. The molecule has 0 radical (unpaired) electrons. The Labute approximate surface area is 199 Å². The van der Waals surface area contributed by atoms with Gasteiger partial charge in [0.15, 0.2) is 0 Å². The van der Waals surface area contributed by atoms with Gasteiger partial charge in [0.1, 0.15) is 5.60 Å². The molecular weight excluding hydrogens is 414 g/mol. The second-order valence-corrected chi connectivity index (χ2v) is 9.77. The van der Waals surface area contributed by atoms with Gasteiger partial charge in [-0.3, -0.25) is 9.80 Å². The standard InChI is InChI=1S/C27H39N3O3/c1-27(2,3)33-26(31)30-17-15-28(16-18-30)21-25(32-4)22-29(19-23-11-7-5-8-12-23)20-24-13-9-6-10-14-24/h5-14,25H,15-22H2,1-4H3/t25-/m1/s1. The Morgan fingerprint density at radius 2 is 1.42 bits per heavy atom. The molecule has 0 N–H and O–H groups in total. The molecule has 33 heavy (non-hydrogen) atoms. The van der Waals surface area contributed by atoms with Gasteiger partial charge in [-0.2, -0.15) is 0 Å². The summed E-state index contributed by atoms with van der Waals surface area (Å²) in [4.78, 5) is 19.0. The molecule has 6 heteroatoms. The number of nitrogens with zero attached hydrogens (tertiary/aromatic N) is 3. The minimum atomic E-state index is -0.462. The second kappa shape index (κ2) is 12.2. The molecule has 1 aliphatic rings. The van der Waals surface area contributed by atoms with Crippen LogP contribution in [0.15, 0.2) is 60.7 Å². The average Bonchev–Trinajstić information content (AvgIpc) is 2.79. The summed E-state index contributed by atoms with van der Waals surface area (Å²) in [5, 5.41) is 0. The first-order valence-corrected chi connectivity index (χ1v) is 11.9. The highest BCUT2D eigenvalue weighted by Gasteiger charge is 2.27. The summed E-state index contributed by atoms with van der Waals surface area (Å²) in [6, 6.07) is 21.2. The van der Waals surface area contributed by atoms with Crippen LogP contribution in [-0.4, -0.2) is 78.9 Å². The molecule has 0 aliphatic carbocycles. The molecule has 1 saturated heterocycles. The predicted octanol–water partition coefficient (Wildman–Crippen LogP) is 4.26. The SMILES string of the molecule is CO[C@H](CN1CCN(C(=O)OC(C)(C)C)CC1)CN(Cc1ccccc1)Cc1ccccc1. The van der Waals surface area contributed by atoms with Gasteiger partial charge in [0.05, 0.1) is 6.10 Å². The number of rotatable bonds is 9. The predicted molar refractivity (Wildman–Crippen MR) is 132 cm³/mol. The quantitative estimate of drug-likeness (QED) is 0.568. The normalized spacial score (nSPS) is 16.1. The molecule has 1 aliphatic heterocycles. The molecule has 6 nitrogen and oxygen atoms in total. The van der Waals surface area contributed by atoms with Crippen LogP contribution in [0.4, 0.5) is 4.79 Å². The third-order valence-electron chi connectivity index (χ3n) is 5.78. The number of amides is 1. The average molecular weight is 454 g/mol. The zero-order chi connectivity index (χ0) is 23.7. The number of benzene rings is 2. The van der Waals surface area contributed by atoms with E-state index in [9.17, 15) is 4.79 Å². The first kappa shape index (κ1) is 25.2. The van der Waals surface area contributed by atoms with Crippen molar-refractivity contribution >= 4 is 6.09 Å². The molecule has 0 bridgehead atoms. The summed E-state index contributed by atoms with van der Waals surface area (Å²) < 4.78 is 11.4. The molecular formula is C27H39N3O3. The van der Waals surface area contributed by atoms with Gasteiger partial charge in [-0.15, -0.1) is 0 Å². The lowest BCUT2D eigenvalue weighted by Crippen LogP contribution is -2.52. The fraction of sp³-hybridized carbons (Fsp3) is 0.519. The molecule has 1 heterocycles. The van der Waals surface area contributed by atoms with Crippen LogP contribution >= 0.6 is 0 Å². The van der Waals surface area contributed by atoms with Crippen LogP contribution in [0.3, 0.4) is 0 Å². The third-order valence-corrected chi connectivity index (χ3v) is 5.78. The highest BCUT2D eigenvalue weighted by molar-refractivity contribution is 5.68. The Morgan fingerprint density at radius 1 is 0.909 bits per heavy atom. The van der Waals surface area contributed by atoms with E-state index in [4.69, 9.17) is 9.47 Å². The minimum absolute atomic E-state index is 0.0884. The van der Waals surface area contributed by atoms with Gasteiger partial charge < -0.3 is 14.4 Å².